The number of hydrogen-bond acceptors (Lipinski definition) is 3. The molecule has 0 bridgehead atoms. The van der Waals surface area contributed by atoms with Crippen molar-refractivity contribution >= 4 is 33.5 Å². The van der Waals surface area contributed by atoms with Crippen molar-refractivity contribution in [3.63, 3.8) is 0 Å². The van der Waals surface area contributed by atoms with Gasteiger partial charge in [0.2, 0.25) is 0 Å². The van der Waals surface area contributed by atoms with E-state index in [0.717, 1.165) is 21.1 Å². The van der Waals surface area contributed by atoms with Crippen LogP contribution in [0.15, 0.2) is 23.0 Å². The number of unbranched alkanes of at least 4 members (excludes halogenated alkanes) is 1. The molecule has 0 saturated heterocycles. The van der Waals surface area contributed by atoms with Gasteiger partial charge in [0.15, 0.2) is 0 Å². The molecule has 1 aromatic carbocycles. The number of fused-ring (bicyclic) bond motifs is 1. The molecule has 0 unspecified atom stereocenters. The first kappa shape index (κ1) is 12.3. The van der Waals surface area contributed by atoms with Crippen LogP contribution in [0.25, 0.3) is 10.9 Å². The second kappa shape index (κ2) is 5.03. The Labute approximate surface area is 112 Å². The molecule has 0 amide bonds. The van der Waals surface area contributed by atoms with Gasteiger partial charge in [-0.25, -0.2) is 0 Å². The molecule has 0 radical (unpaired) electrons. The van der Waals surface area contributed by atoms with E-state index in [0.29, 0.717) is 23.1 Å². The molecule has 4 nitrogen and oxygen atoms in total. The van der Waals surface area contributed by atoms with Crippen molar-refractivity contribution in [2.75, 3.05) is 0 Å². The highest BCUT2D eigenvalue weighted by Gasteiger charge is 2.06. The van der Waals surface area contributed by atoms with E-state index in [1.165, 1.54) is 0 Å². The minimum absolute atomic E-state index is 0.309. The molecule has 2 aromatic rings. The van der Waals surface area contributed by atoms with Gasteiger partial charge in [-0.05, 0) is 47.2 Å². The van der Waals surface area contributed by atoms with E-state index < -0.39 is 0 Å². The van der Waals surface area contributed by atoms with Crippen LogP contribution in [0.2, 0.25) is 0 Å². The Morgan fingerprint density at radius 1 is 1.47 bits per heavy atom. The molecule has 1 heterocycles. The second-order valence-electron chi connectivity index (χ2n) is 3.89. The topological polar surface area (TPSA) is 58.0 Å². The summed E-state index contributed by atoms with van der Waals surface area (Å²) in [6.45, 7) is 2.04. The van der Waals surface area contributed by atoms with Gasteiger partial charge in [0.25, 0.3) is 5.56 Å². The van der Waals surface area contributed by atoms with Crippen LogP contribution >= 0.6 is 22.6 Å². The summed E-state index contributed by atoms with van der Waals surface area (Å²) in [5.41, 5.74) is 0.105. The standard InChI is InChI=1S/C12H12IN2O2/c1-2-3-4-11-14-12(16)9-7-8(13)5-6-10(9)15(11)17/h5-7H,2-4H2,1H3/q-1. The van der Waals surface area contributed by atoms with Gasteiger partial charge < -0.3 is 9.94 Å². The van der Waals surface area contributed by atoms with E-state index in [1.54, 1.807) is 12.1 Å². The van der Waals surface area contributed by atoms with E-state index in [-0.39, 0.29) is 5.56 Å². The first-order valence-corrected chi connectivity index (χ1v) is 6.60. The molecule has 0 aliphatic rings. The average molecular weight is 343 g/mol. The summed E-state index contributed by atoms with van der Waals surface area (Å²) in [5.74, 6) is 0.325. The van der Waals surface area contributed by atoms with Crippen molar-refractivity contribution in [2.45, 2.75) is 26.2 Å². The third kappa shape index (κ3) is 2.43. The number of benzene rings is 1. The molecule has 17 heavy (non-hydrogen) atoms. The maximum atomic E-state index is 12.0. The molecular formula is C12H12IN2O2-. The molecule has 0 saturated carbocycles. The number of halogens is 1. The molecule has 0 atom stereocenters. The second-order valence-corrected chi connectivity index (χ2v) is 5.14. The van der Waals surface area contributed by atoms with Gasteiger partial charge in [0, 0.05) is 9.99 Å². The summed E-state index contributed by atoms with van der Waals surface area (Å²) < 4.78 is 1.71. The first-order chi connectivity index (χ1) is 8.13. The zero-order valence-corrected chi connectivity index (χ0v) is 11.6. The largest absolute Gasteiger partial charge is 0.804 e. The van der Waals surface area contributed by atoms with Crippen LogP contribution in [0.3, 0.4) is 0 Å². The van der Waals surface area contributed by atoms with Crippen LogP contribution in [-0.4, -0.2) is 9.71 Å². The Morgan fingerprint density at radius 3 is 2.94 bits per heavy atom. The lowest BCUT2D eigenvalue weighted by molar-refractivity contribution is 0.728. The summed E-state index contributed by atoms with van der Waals surface area (Å²) in [6.07, 6.45) is 2.39. The minimum Gasteiger partial charge on any atom is -0.804 e. The zero-order valence-electron chi connectivity index (χ0n) is 9.44. The molecule has 0 aliphatic carbocycles. The van der Waals surface area contributed by atoms with Gasteiger partial charge in [0.1, 0.15) is 5.82 Å². The molecule has 0 spiro atoms. The predicted octanol–water partition coefficient (Wildman–Crippen LogP) is 2.69. The van der Waals surface area contributed by atoms with Gasteiger partial charge in [-0.15, -0.1) is 0 Å². The van der Waals surface area contributed by atoms with Gasteiger partial charge in [-0.3, -0.25) is 4.79 Å². The van der Waals surface area contributed by atoms with Crippen LogP contribution in [0.5, 0.6) is 0 Å². The third-order valence-electron chi connectivity index (χ3n) is 2.63. The number of hydrogen-bond donors (Lipinski definition) is 0. The van der Waals surface area contributed by atoms with Gasteiger partial charge in [-0.1, -0.05) is 13.3 Å². The van der Waals surface area contributed by atoms with Crippen molar-refractivity contribution in [1.82, 2.24) is 9.71 Å². The smallest absolute Gasteiger partial charge is 0.280 e. The predicted molar refractivity (Wildman–Crippen MR) is 76.1 cm³/mol. The first-order valence-electron chi connectivity index (χ1n) is 5.52. The molecule has 0 fully saturated rings. The highest BCUT2D eigenvalue weighted by Crippen LogP contribution is 2.15. The van der Waals surface area contributed by atoms with Gasteiger partial charge >= 0.3 is 0 Å². The van der Waals surface area contributed by atoms with Crippen LogP contribution in [0, 0.1) is 8.78 Å². The molecule has 1 aromatic heterocycles. The molecule has 90 valence electrons. The Hall–Kier alpha value is -1.11. The highest BCUT2D eigenvalue weighted by atomic mass is 127. The molecule has 2 rings (SSSR count). The van der Waals surface area contributed by atoms with E-state index in [9.17, 15) is 10.0 Å². The molecule has 0 N–H and O–H groups in total. The van der Waals surface area contributed by atoms with Crippen molar-refractivity contribution in [2.24, 2.45) is 0 Å². The number of rotatable bonds is 3. The van der Waals surface area contributed by atoms with Gasteiger partial charge in [-0.2, -0.15) is 4.98 Å². The monoisotopic (exact) mass is 343 g/mol. The fourth-order valence-electron chi connectivity index (χ4n) is 1.71. The minimum atomic E-state index is -0.309. The number of aromatic nitrogens is 2. The fourth-order valence-corrected chi connectivity index (χ4v) is 2.20. The van der Waals surface area contributed by atoms with Crippen molar-refractivity contribution in [3.05, 3.63) is 43.2 Å². The number of nitrogens with zero attached hydrogens (tertiary/aromatic N) is 2. The maximum Gasteiger partial charge on any atom is 0.280 e. The Kier molecular flexibility index (Phi) is 3.66. The SMILES string of the molecule is CCCCc1nc(=O)c2cc(I)ccc2n1[O-]. The molecular weight excluding hydrogens is 331 g/mol. The third-order valence-corrected chi connectivity index (χ3v) is 3.30. The quantitative estimate of drug-likeness (QED) is 0.805. The molecule has 5 heteroatoms. The average Bonchev–Trinajstić information content (AvgIpc) is 2.32. The summed E-state index contributed by atoms with van der Waals surface area (Å²) in [6, 6.07) is 5.20. The van der Waals surface area contributed by atoms with Crippen LogP contribution in [0.1, 0.15) is 25.6 Å². The fraction of sp³-hybridized carbons (Fsp3) is 0.333. The summed E-state index contributed by atoms with van der Waals surface area (Å²) in [5, 5.41) is 12.4. The number of aryl methyl sites for hydroxylation is 1. The van der Waals surface area contributed by atoms with Gasteiger partial charge in [0.05, 0.1) is 10.9 Å². The lowest BCUT2D eigenvalue weighted by atomic mass is 10.2. The molecule has 0 aliphatic heterocycles. The highest BCUT2D eigenvalue weighted by molar-refractivity contribution is 14.1. The van der Waals surface area contributed by atoms with Crippen LogP contribution < -0.4 is 5.56 Å². The Bertz CT molecular complexity index is 607. The zero-order chi connectivity index (χ0) is 12.4. The van der Waals surface area contributed by atoms with Crippen molar-refractivity contribution in [3.8, 4) is 0 Å². The lowest BCUT2D eigenvalue weighted by Crippen LogP contribution is -2.16. The van der Waals surface area contributed by atoms with E-state index >= 15 is 0 Å². The van der Waals surface area contributed by atoms with Crippen molar-refractivity contribution in [1.29, 1.82) is 0 Å². The lowest BCUT2D eigenvalue weighted by Gasteiger charge is -2.19. The normalized spacial score (nSPS) is 10.9. The Balaban J connectivity index is 2.64. The summed E-state index contributed by atoms with van der Waals surface area (Å²) in [7, 11) is 0. The van der Waals surface area contributed by atoms with Crippen LogP contribution in [-0.2, 0) is 6.42 Å². The van der Waals surface area contributed by atoms with Crippen molar-refractivity contribution < 1.29 is 0 Å². The Morgan fingerprint density at radius 2 is 2.24 bits per heavy atom. The van der Waals surface area contributed by atoms with E-state index in [1.807, 2.05) is 13.0 Å². The van der Waals surface area contributed by atoms with E-state index in [4.69, 9.17) is 0 Å². The van der Waals surface area contributed by atoms with Crippen LogP contribution in [0.4, 0.5) is 0 Å². The summed E-state index contributed by atoms with van der Waals surface area (Å²) >= 11 is 2.11. The van der Waals surface area contributed by atoms with E-state index in [2.05, 4.69) is 27.6 Å². The maximum absolute atomic E-state index is 12.0. The summed E-state index contributed by atoms with van der Waals surface area (Å²) in [4.78, 5) is 15.7.